The summed E-state index contributed by atoms with van der Waals surface area (Å²) in [6, 6.07) is 7.07. The van der Waals surface area contributed by atoms with Gasteiger partial charge in [0, 0.05) is 23.8 Å². The van der Waals surface area contributed by atoms with E-state index in [9.17, 15) is 14.4 Å². The molecule has 0 fully saturated rings. The van der Waals surface area contributed by atoms with Gasteiger partial charge in [0.1, 0.15) is 17.7 Å². The van der Waals surface area contributed by atoms with Crippen molar-refractivity contribution in [2.75, 3.05) is 12.3 Å². The van der Waals surface area contributed by atoms with E-state index >= 15 is 0 Å². The maximum Gasteiger partial charge on any atom is 0.417 e. The predicted octanol–water partition coefficient (Wildman–Crippen LogP) is 4.43. The second kappa shape index (κ2) is 12.0. The van der Waals surface area contributed by atoms with Crippen LogP contribution in [0.1, 0.15) is 67.9 Å². The maximum atomic E-state index is 13.6. The molecular formula is C26H41N3O5. The van der Waals surface area contributed by atoms with Crippen LogP contribution in [0, 0.1) is 5.92 Å². The summed E-state index contributed by atoms with van der Waals surface area (Å²) in [6.45, 7) is 15.9. The van der Waals surface area contributed by atoms with Crippen LogP contribution >= 0.6 is 0 Å². The molecule has 0 bridgehead atoms. The Morgan fingerprint density at radius 1 is 1.00 bits per heavy atom. The van der Waals surface area contributed by atoms with Crippen LogP contribution in [0.4, 0.5) is 10.5 Å². The zero-order valence-corrected chi connectivity index (χ0v) is 22.0. The summed E-state index contributed by atoms with van der Waals surface area (Å²) in [6.07, 6.45) is 0.763. The molecule has 2 amide bonds. The number of anilines is 1. The highest BCUT2D eigenvalue weighted by atomic mass is 16.6. The summed E-state index contributed by atoms with van der Waals surface area (Å²) >= 11 is 0. The number of carbonyl (C=O) groups is 3. The van der Waals surface area contributed by atoms with Gasteiger partial charge in [0.15, 0.2) is 0 Å². The number of nitrogens with two attached hydrogens (primary N) is 1. The smallest absolute Gasteiger partial charge is 0.417 e. The number of benzene rings is 1. The van der Waals surface area contributed by atoms with E-state index in [1.165, 1.54) is 0 Å². The molecule has 0 radical (unpaired) electrons. The molecule has 0 aliphatic heterocycles. The van der Waals surface area contributed by atoms with Crippen LogP contribution in [0.2, 0.25) is 0 Å². The second-order valence-corrected chi connectivity index (χ2v) is 10.5. The van der Waals surface area contributed by atoms with Crippen molar-refractivity contribution in [3.8, 4) is 0 Å². The van der Waals surface area contributed by atoms with Crippen molar-refractivity contribution < 1.29 is 23.9 Å². The Labute approximate surface area is 203 Å². The van der Waals surface area contributed by atoms with Gasteiger partial charge in [-0.15, -0.1) is 0 Å². The molecule has 1 unspecified atom stereocenters. The summed E-state index contributed by atoms with van der Waals surface area (Å²) in [5.41, 5.74) is 6.19. The fourth-order valence-electron chi connectivity index (χ4n) is 3.20. The SMILES string of the molecule is C/C=C(/C(=O)N(CC(=O)OC(C)(C)C)C(=O)OC(C)(C)C)C(NCc1ccc(N)cc1)C(C)C. The Kier molecular flexibility index (Phi) is 10.3. The molecule has 3 N–H and O–H groups in total. The fourth-order valence-corrected chi connectivity index (χ4v) is 3.20. The highest BCUT2D eigenvalue weighted by Gasteiger charge is 2.35. The topological polar surface area (TPSA) is 111 Å². The normalized spacial score (nSPS) is 13.4. The molecule has 1 aromatic rings. The number of esters is 1. The summed E-state index contributed by atoms with van der Waals surface area (Å²) < 4.78 is 10.8. The minimum absolute atomic E-state index is 0.0194. The number of nitrogen functional groups attached to an aromatic ring is 1. The van der Waals surface area contributed by atoms with Crippen molar-refractivity contribution >= 4 is 23.7 Å². The molecule has 0 spiro atoms. The molecule has 1 atom stereocenters. The Morgan fingerprint density at radius 2 is 1.53 bits per heavy atom. The third-order valence-corrected chi connectivity index (χ3v) is 4.63. The first-order valence-electron chi connectivity index (χ1n) is 11.5. The lowest BCUT2D eigenvalue weighted by atomic mass is 9.94. The van der Waals surface area contributed by atoms with Gasteiger partial charge in [-0.05, 0) is 72.1 Å². The number of ether oxygens (including phenoxy) is 2. The van der Waals surface area contributed by atoms with Gasteiger partial charge in [-0.3, -0.25) is 9.59 Å². The van der Waals surface area contributed by atoms with Crippen molar-refractivity contribution in [3.63, 3.8) is 0 Å². The van der Waals surface area contributed by atoms with Crippen LogP contribution < -0.4 is 11.1 Å². The van der Waals surface area contributed by atoms with Gasteiger partial charge in [-0.1, -0.05) is 32.1 Å². The molecule has 0 aliphatic rings. The van der Waals surface area contributed by atoms with E-state index in [1.807, 2.05) is 38.1 Å². The summed E-state index contributed by atoms with van der Waals surface area (Å²) in [4.78, 5) is 39.9. The van der Waals surface area contributed by atoms with Crippen LogP contribution in [-0.4, -0.2) is 46.7 Å². The van der Waals surface area contributed by atoms with E-state index in [4.69, 9.17) is 15.2 Å². The van der Waals surface area contributed by atoms with E-state index in [1.54, 1.807) is 54.5 Å². The van der Waals surface area contributed by atoms with E-state index < -0.39 is 35.7 Å². The van der Waals surface area contributed by atoms with Crippen LogP contribution in [-0.2, 0) is 25.6 Å². The Morgan fingerprint density at radius 3 is 1.97 bits per heavy atom. The molecule has 0 aromatic heterocycles. The Bertz CT molecular complexity index is 877. The Balaban J connectivity index is 3.20. The van der Waals surface area contributed by atoms with Crippen molar-refractivity contribution in [2.24, 2.45) is 5.92 Å². The summed E-state index contributed by atoms with van der Waals surface area (Å²) in [7, 11) is 0. The van der Waals surface area contributed by atoms with Gasteiger partial charge in [-0.25, -0.2) is 9.69 Å². The van der Waals surface area contributed by atoms with Crippen LogP contribution in [0.25, 0.3) is 0 Å². The quantitative estimate of drug-likeness (QED) is 0.325. The molecule has 8 heteroatoms. The van der Waals surface area contributed by atoms with Gasteiger partial charge in [0.05, 0.1) is 0 Å². The molecule has 8 nitrogen and oxygen atoms in total. The number of rotatable bonds is 8. The van der Waals surface area contributed by atoms with Crippen LogP contribution in [0.5, 0.6) is 0 Å². The first kappa shape index (κ1) is 29.2. The zero-order chi connectivity index (χ0) is 26.3. The van der Waals surface area contributed by atoms with E-state index in [0.717, 1.165) is 10.5 Å². The number of nitrogens with zero attached hydrogens (tertiary/aromatic N) is 1. The van der Waals surface area contributed by atoms with Crippen molar-refractivity contribution in [1.29, 1.82) is 0 Å². The van der Waals surface area contributed by atoms with Gasteiger partial charge in [0.2, 0.25) is 0 Å². The first-order valence-corrected chi connectivity index (χ1v) is 11.5. The number of imide groups is 1. The molecule has 0 saturated heterocycles. The standard InChI is InChI=1S/C26H41N3O5/c1-10-20(22(17(2)3)28-15-18-11-13-19(27)14-12-18)23(31)29(24(32)34-26(7,8)9)16-21(30)33-25(4,5)6/h10-14,17,22,28H,15-16,27H2,1-9H3/b20-10+. The Hall–Kier alpha value is -2.87. The van der Waals surface area contributed by atoms with E-state index in [-0.39, 0.29) is 12.0 Å². The number of hydrogen-bond acceptors (Lipinski definition) is 7. The minimum atomic E-state index is -0.899. The molecule has 0 aliphatic carbocycles. The van der Waals surface area contributed by atoms with Crippen molar-refractivity contribution in [1.82, 2.24) is 10.2 Å². The second-order valence-electron chi connectivity index (χ2n) is 10.5. The highest BCUT2D eigenvalue weighted by molar-refractivity contribution is 6.05. The molecular weight excluding hydrogens is 434 g/mol. The van der Waals surface area contributed by atoms with Gasteiger partial charge < -0.3 is 20.5 Å². The molecule has 34 heavy (non-hydrogen) atoms. The van der Waals surface area contributed by atoms with Gasteiger partial charge >= 0.3 is 12.1 Å². The number of allylic oxidation sites excluding steroid dienone is 1. The van der Waals surface area contributed by atoms with E-state index in [0.29, 0.717) is 17.8 Å². The number of carbonyl (C=O) groups excluding carboxylic acids is 3. The third-order valence-electron chi connectivity index (χ3n) is 4.63. The third kappa shape index (κ3) is 9.95. The molecule has 0 saturated carbocycles. The lowest BCUT2D eigenvalue weighted by Gasteiger charge is -2.30. The predicted molar refractivity (Wildman–Crippen MR) is 134 cm³/mol. The van der Waals surface area contributed by atoms with Crippen molar-refractivity contribution in [3.05, 3.63) is 41.5 Å². The van der Waals surface area contributed by atoms with Gasteiger partial charge in [0.25, 0.3) is 5.91 Å². The average molecular weight is 476 g/mol. The number of nitrogens with one attached hydrogen (secondary N) is 1. The fraction of sp³-hybridized carbons (Fsp3) is 0.577. The number of hydrogen-bond donors (Lipinski definition) is 2. The highest BCUT2D eigenvalue weighted by Crippen LogP contribution is 2.20. The lowest BCUT2D eigenvalue weighted by molar-refractivity contribution is -0.158. The number of amides is 2. The summed E-state index contributed by atoms with van der Waals surface area (Å²) in [5.74, 6) is -1.28. The maximum absolute atomic E-state index is 13.6. The zero-order valence-electron chi connectivity index (χ0n) is 22.0. The van der Waals surface area contributed by atoms with E-state index in [2.05, 4.69) is 5.32 Å². The monoisotopic (exact) mass is 475 g/mol. The lowest BCUT2D eigenvalue weighted by Crippen LogP contribution is -2.49. The molecule has 190 valence electrons. The van der Waals surface area contributed by atoms with Crippen LogP contribution in [0.3, 0.4) is 0 Å². The minimum Gasteiger partial charge on any atom is -0.459 e. The molecule has 0 heterocycles. The largest absolute Gasteiger partial charge is 0.459 e. The molecule has 1 aromatic carbocycles. The molecule has 1 rings (SSSR count). The summed E-state index contributed by atoms with van der Waals surface area (Å²) in [5, 5.41) is 3.40. The van der Waals surface area contributed by atoms with Crippen molar-refractivity contribution in [2.45, 2.75) is 86.1 Å². The van der Waals surface area contributed by atoms with Gasteiger partial charge in [-0.2, -0.15) is 0 Å². The average Bonchev–Trinajstić information content (AvgIpc) is 2.67. The van der Waals surface area contributed by atoms with Crippen LogP contribution in [0.15, 0.2) is 35.9 Å². The first-order chi connectivity index (χ1) is 15.5.